The quantitative estimate of drug-likeness (QED) is 0.117. The maximum Gasteiger partial charge on any atom is 0.188 e. The molecule has 0 fully saturated rings. The fourth-order valence-corrected chi connectivity index (χ4v) is 5.51. The van der Waals surface area contributed by atoms with Crippen LogP contribution in [0.1, 0.15) is 117 Å². The first kappa shape index (κ1) is 35.8. The Bertz CT molecular complexity index is 1200. The minimum atomic E-state index is -2.51. The van der Waals surface area contributed by atoms with Gasteiger partial charge < -0.3 is 28.5 Å². The second kappa shape index (κ2) is 17.2. The van der Waals surface area contributed by atoms with E-state index in [0.717, 1.165) is 96.8 Å². The van der Waals surface area contributed by atoms with Gasteiger partial charge in [-0.05, 0) is 74.0 Å². The van der Waals surface area contributed by atoms with Gasteiger partial charge in [0.05, 0.1) is 32.0 Å². The molecule has 0 aliphatic carbocycles. The van der Waals surface area contributed by atoms with E-state index in [-0.39, 0.29) is 11.1 Å². The highest BCUT2D eigenvalue weighted by Gasteiger charge is 2.41. The lowest BCUT2D eigenvalue weighted by atomic mass is 9.89. The minimum Gasteiger partial charge on any atom is -0.493 e. The molecular formula is C37H58O6Si. The molecule has 0 saturated carbocycles. The summed E-state index contributed by atoms with van der Waals surface area (Å²) in [7, 11) is -2.51. The molecule has 3 rings (SSSR count). The maximum atomic E-state index is 11.3. The van der Waals surface area contributed by atoms with E-state index >= 15 is 0 Å². The Labute approximate surface area is 268 Å². The smallest absolute Gasteiger partial charge is 0.188 e. The molecule has 1 N–H and O–H groups in total. The van der Waals surface area contributed by atoms with E-state index in [9.17, 15) is 4.80 Å². The Morgan fingerprint density at radius 3 is 1.84 bits per heavy atom. The average Bonchev–Trinajstić information content (AvgIpc) is 2.97. The van der Waals surface area contributed by atoms with Gasteiger partial charge in [0.1, 0.15) is 23.4 Å². The Morgan fingerprint density at radius 2 is 1.27 bits per heavy atom. The van der Waals surface area contributed by atoms with Crippen molar-refractivity contribution in [2.45, 2.75) is 124 Å². The number of rotatable bonds is 20. The van der Waals surface area contributed by atoms with Gasteiger partial charge in [-0.25, -0.2) is 0 Å². The van der Waals surface area contributed by atoms with Crippen molar-refractivity contribution in [3.8, 4) is 28.7 Å². The lowest BCUT2D eigenvalue weighted by molar-refractivity contribution is 0.221. The average molecular weight is 627 g/mol. The summed E-state index contributed by atoms with van der Waals surface area (Å²) in [5.74, 6) is 3.79. The van der Waals surface area contributed by atoms with Crippen LogP contribution >= 0.6 is 0 Å². The van der Waals surface area contributed by atoms with Gasteiger partial charge in [-0.3, -0.25) is 0 Å². The molecule has 0 aromatic heterocycles. The van der Waals surface area contributed by atoms with Gasteiger partial charge in [-0.2, -0.15) is 0 Å². The van der Waals surface area contributed by atoms with Crippen LogP contribution in [0, 0.1) is 0 Å². The molecule has 1 heterocycles. The van der Waals surface area contributed by atoms with Crippen LogP contribution in [0.15, 0.2) is 35.9 Å². The fraction of sp³-hybridized carbons (Fsp3) is 0.622. The minimum absolute atomic E-state index is 0.284. The summed E-state index contributed by atoms with van der Waals surface area (Å²) in [6.45, 7) is 19.6. The van der Waals surface area contributed by atoms with Crippen LogP contribution in [0.2, 0.25) is 18.1 Å². The molecule has 7 heteroatoms. The molecule has 0 spiro atoms. The van der Waals surface area contributed by atoms with Crippen molar-refractivity contribution < 1.29 is 28.5 Å². The standard InChI is InChI=1S/C37H58O6Si/c1-9-13-19-39-30-25-33(41-21-15-11-3)31-23-29(27-37(5,6)44(7,8)38)36(43-34(31)26-30)28-17-18-32(40-20-14-10-2)35(24-28)42-22-16-12-4/h17-18,23-26,36,38H,9-16,19-22,27H2,1-8H3. The predicted molar refractivity (Wildman–Crippen MR) is 184 cm³/mol. The predicted octanol–water partition coefficient (Wildman–Crippen LogP) is 10.3. The van der Waals surface area contributed by atoms with Crippen LogP contribution in [-0.2, 0) is 0 Å². The molecule has 0 radical (unpaired) electrons. The van der Waals surface area contributed by atoms with Gasteiger partial charge in [-0.15, -0.1) is 0 Å². The molecule has 44 heavy (non-hydrogen) atoms. The summed E-state index contributed by atoms with van der Waals surface area (Å²) in [6.07, 6.45) is 10.7. The number of unbranched alkanes of at least 4 members (excludes halogenated alkanes) is 4. The van der Waals surface area contributed by atoms with Crippen molar-refractivity contribution in [1.29, 1.82) is 0 Å². The SMILES string of the molecule is CCCCOc1cc(OCCCC)c2c(c1)OC(c1ccc(OCCCC)c(OCCCC)c1)C(CC(C)(C)[Si](C)(C)O)=C2. The molecular weight excluding hydrogens is 568 g/mol. The van der Waals surface area contributed by atoms with Gasteiger partial charge >= 0.3 is 0 Å². The molecule has 2 aromatic carbocycles. The highest BCUT2D eigenvalue weighted by molar-refractivity contribution is 6.72. The monoisotopic (exact) mass is 626 g/mol. The van der Waals surface area contributed by atoms with Crippen molar-refractivity contribution in [3.63, 3.8) is 0 Å². The fourth-order valence-electron chi connectivity index (χ4n) is 4.87. The Hall–Kier alpha value is -2.64. The van der Waals surface area contributed by atoms with Gasteiger partial charge in [0.25, 0.3) is 0 Å². The van der Waals surface area contributed by atoms with E-state index in [4.69, 9.17) is 23.7 Å². The molecule has 1 aliphatic rings. The molecule has 1 unspecified atom stereocenters. The van der Waals surface area contributed by atoms with Gasteiger partial charge in [0.15, 0.2) is 19.8 Å². The summed E-state index contributed by atoms with van der Waals surface area (Å²) >= 11 is 0. The van der Waals surface area contributed by atoms with Crippen molar-refractivity contribution in [3.05, 3.63) is 47.0 Å². The summed E-state index contributed by atoms with van der Waals surface area (Å²) in [4.78, 5) is 11.3. The van der Waals surface area contributed by atoms with E-state index in [1.165, 1.54) is 0 Å². The summed E-state index contributed by atoms with van der Waals surface area (Å²) in [5.41, 5.74) is 3.04. The number of benzene rings is 2. The number of ether oxygens (including phenoxy) is 5. The third kappa shape index (κ3) is 9.93. The molecule has 1 atom stereocenters. The molecule has 0 bridgehead atoms. The zero-order chi connectivity index (χ0) is 32.2. The lowest BCUT2D eigenvalue weighted by Gasteiger charge is -2.39. The number of fused-ring (bicyclic) bond motifs is 1. The first-order chi connectivity index (χ1) is 21.0. The molecule has 0 amide bonds. The maximum absolute atomic E-state index is 11.3. The van der Waals surface area contributed by atoms with Gasteiger partial charge in [0, 0.05) is 17.7 Å². The molecule has 0 saturated heterocycles. The van der Waals surface area contributed by atoms with Crippen LogP contribution < -0.4 is 23.7 Å². The van der Waals surface area contributed by atoms with Crippen LogP contribution in [-0.4, -0.2) is 39.5 Å². The molecule has 2 aromatic rings. The van der Waals surface area contributed by atoms with Crippen LogP contribution in [0.4, 0.5) is 0 Å². The topological polar surface area (TPSA) is 66.4 Å². The zero-order valence-electron chi connectivity index (χ0n) is 28.7. The first-order valence-corrected chi connectivity index (χ1v) is 19.9. The summed E-state index contributed by atoms with van der Waals surface area (Å²) in [5, 5.41) is -0.284. The number of hydrogen-bond donors (Lipinski definition) is 1. The van der Waals surface area contributed by atoms with Crippen molar-refractivity contribution >= 4 is 14.4 Å². The molecule has 246 valence electrons. The van der Waals surface area contributed by atoms with E-state index in [0.29, 0.717) is 32.8 Å². The van der Waals surface area contributed by atoms with E-state index in [1.54, 1.807) is 0 Å². The second-order valence-electron chi connectivity index (χ2n) is 13.2. The van der Waals surface area contributed by atoms with Gasteiger partial charge in [0.2, 0.25) is 0 Å². The Balaban J connectivity index is 2.11. The Kier molecular flexibility index (Phi) is 14.0. The van der Waals surface area contributed by atoms with Crippen LogP contribution in [0.3, 0.4) is 0 Å². The third-order valence-corrected chi connectivity index (χ3v) is 12.1. The Morgan fingerprint density at radius 1 is 0.727 bits per heavy atom. The first-order valence-electron chi connectivity index (χ1n) is 17.0. The highest BCUT2D eigenvalue weighted by atomic mass is 28.4. The van der Waals surface area contributed by atoms with Crippen molar-refractivity contribution in [2.75, 3.05) is 26.4 Å². The number of hydrogen-bond acceptors (Lipinski definition) is 6. The van der Waals surface area contributed by atoms with Crippen LogP contribution in [0.5, 0.6) is 28.7 Å². The van der Waals surface area contributed by atoms with Gasteiger partial charge in [-0.1, -0.05) is 73.3 Å². The lowest BCUT2D eigenvalue weighted by Crippen LogP contribution is -2.39. The van der Waals surface area contributed by atoms with Crippen LogP contribution in [0.25, 0.3) is 6.08 Å². The van der Waals surface area contributed by atoms with E-state index < -0.39 is 8.32 Å². The van der Waals surface area contributed by atoms with E-state index in [2.05, 4.69) is 59.8 Å². The second-order valence-corrected chi connectivity index (χ2v) is 17.7. The third-order valence-electron chi connectivity index (χ3n) is 8.59. The van der Waals surface area contributed by atoms with Crippen molar-refractivity contribution in [1.82, 2.24) is 0 Å². The largest absolute Gasteiger partial charge is 0.493 e. The van der Waals surface area contributed by atoms with Crippen molar-refractivity contribution in [2.24, 2.45) is 0 Å². The molecule has 1 aliphatic heterocycles. The normalized spacial score (nSPS) is 14.8. The molecule has 6 nitrogen and oxygen atoms in total. The highest BCUT2D eigenvalue weighted by Crippen LogP contribution is 2.51. The summed E-state index contributed by atoms with van der Waals surface area (Å²) < 4.78 is 31.8. The summed E-state index contributed by atoms with van der Waals surface area (Å²) in [6, 6.07) is 10.2. The van der Waals surface area contributed by atoms with E-state index in [1.807, 2.05) is 31.3 Å². The zero-order valence-corrected chi connectivity index (χ0v) is 29.7.